The van der Waals surface area contributed by atoms with Gasteiger partial charge in [0.15, 0.2) is 11.5 Å². The summed E-state index contributed by atoms with van der Waals surface area (Å²) in [5, 5.41) is 11.1. The van der Waals surface area contributed by atoms with E-state index in [1.54, 1.807) is 18.2 Å². The van der Waals surface area contributed by atoms with Gasteiger partial charge in [-0.25, -0.2) is 4.39 Å². The number of carbonyl (C=O) groups excluding carboxylic acids is 1. The molecule has 1 saturated heterocycles. The number of nitrogens with one attached hydrogen (secondary N) is 1. The first-order valence-electron chi connectivity index (χ1n) is 9.15. The summed E-state index contributed by atoms with van der Waals surface area (Å²) in [5.41, 5.74) is 2.01. The predicted octanol–water partition coefficient (Wildman–Crippen LogP) is 3.19. The average Bonchev–Trinajstić information content (AvgIpc) is 2.75. The maximum atomic E-state index is 13.1. The molecule has 142 valence electrons. The predicted molar refractivity (Wildman–Crippen MR) is 107 cm³/mol. The van der Waals surface area contributed by atoms with E-state index in [0.717, 1.165) is 43.4 Å². The molecular weight excluding hydrogens is 357 g/mol. The van der Waals surface area contributed by atoms with Crippen LogP contribution in [0.2, 0.25) is 0 Å². The number of para-hydroxylation sites is 1. The van der Waals surface area contributed by atoms with Gasteiger partial charge in [0.1, 0.15) is 5.82 Å². The Morgan fingerprint density at radius 2 is 1.50 bits per heavy atom. The standard InChI is InChI=1S/C21H20FN5O/c22-16-6-8-18(9-7-16)26-12-14-27(15-13-26)20-11-10-19(24-25-20)21(28)23-17-4-2-1-3-5-17/h1-11H,12-15H2,(H,23,28). The van der Waals surface area contributed by atoms with Crippen molar-refractivity contribution in [1.29, 1.82) is 0 Å². The van der Waals surface area contributed by atoms with E-state index in [1.807, 2.05) is 36.4 Å². The highest BCUT2D eigenvalue weighted by atomic mass is 19.1. The summed E-state index contributed by atoms with van der Waals surface area (Å²) < 4.78 is 13.1. The van der Waals surface area contributed by atoms with Crippen molar-refractivity contribution < 1.29 is 9.18 Å². The van der Waals surface area contributed by atoms with Crippen LogP contribution in [-0.2, 0) is 0 Å². The fraction of sp³-hybridized carbons (Fsp3) is 0.190. The Kier molecular flexibility index (Phi) is 5.14. The van der Waals surface area contributed by atoms with Crippen molar-refractivity contribution in [3.05, 3.63) is 78.2 Å². The van der Waals surface area contributed by atoms with Gasteiger partial charge < -0.3 is 15.1 Å². The number of anilines is 3. The molecule has 4 rings (SSSR count). The first kappa shape index (κ1) is 17.9. The Hall–Kier alpha value is -3.48. The van der Waals surface area contributed by atoms with Crippen molar-refractivity contribution >= 4 is 23.1 Å². The molecule has 0 aliphatic carbocycles. The zero-order valence-electron chi connectivity index (χ0n) is 15.3. The Bertz CT molecular complexity index is 923. The second kappa shape index (κ2) is 8.04. The van der Waals surface area contributed by atoms with Crippen LogP contribution in [0.1, 0.15) is 10.5 Å². The Balaban J connectivity index is 1.35. The lowest BCUT2D eigenvalue weighted by Gasteiger charge is -2.36. The van der Waals surface area contributed by atoms with Gasteiger partial charge in [0, 0.05) is 37.6 Å². The third-order valence-corrected chi connectivity index (χ3v) is 4.71. The number of rotatable bonds is 4. The normalized spacial score (nSPS) is 14.0. The highest BCUT2D eigenvalue weighted by Gasteiger charge is 2.19. The molecule has 1 aliphatic heterocycles. The number of hydrogen-bond acceptors (Lipinski definition) is 5. The molecule has 7 heteroatoms. The molecule has 1 aromatic heterocycles. The quantitative estimate of drug-likeness (QED) is 0.757. The smallest absolute Gasteiger partial charge is 0.276 e. The number of nitrogens with zero attached hydrogens (tertiary/aromatic N) is 4. The molecule has 0 spiro atoms. The van der Waals surface area contributed by atoms with E-state index in [0.29, 0.717) is 0 Å². The van der Waals surface area contributed by atoms with Gasteiger partial charge in [-0.15, -0.1) is 10.2 Å². The van der Waals surface area contributed by atoms with Crippen molar-refractivity contribution in [1.82, 2.24) is 10.2 Å². The minimum Gasteiger partial charge on any atom is -0.368 e. The van der Waals surface area contributed by atoms with E-state index in [2.05, 4.69) is 25.3 Å². The van der Waals surface area contributed by atoms with Gasteiger partial charge in [-0.1, -0.05) is 18.2 Å². The number of amides is 1. The number of hydrogen-bond donors (Lipinski definition) is 1. The van der Waals surface area contributed by atoms with Gasteiger partial charge in [-0.2, -0.15) is 0 Å². The zero-order valence-corrected chi connectivity index (χ0v) is 15.3. The molecule has 0 unspecified atom stereocenters. The third-order valence-electron chi connectivity index (χ3n) is 4.71. The van der Waals surface area contributed by atoms with E-state index in [-0.39, 0.29) is 17.4 Å². The van der Waals surface area contributed by atoms with Gasteiger partial charge in [0.05, 0.1) is 0 Å². The summed E-state index contributed by atoms with van der Waals surface area (Å²) in [6.45, 7) is 3.18. The molecule has 0 atom stereocenters. The van der Waals surface area contributed by atoms with Crippen LogP contribution in [-0.4, -0.2) is 42.3 Å². The summed E-state index contributed by atoms with van der Waals surface area (Å²) in [6, 6.07) is 19.3. The molecule has 3 aromatic rings. The fourth-order valence-corrected chi connectivity index (χ4v) is 3.18. The molecule has 2 aromatic carbocycles. The van der Waals surface area contributed by atoms with Crippen LogP contribution >= 0.6 is 0 Å². The third kappa shape index (κ3) is 4.09. The first-order valence-corrected chi connectivity index (χ1v) is 9.15. The van der Waals surface area contributed by atoms with Crippen molar-refractivity contribution in [2.45, 2.75) is 0 Å². The minimum atomic E-state index is -0.286. The van der Waals surface area contributed by atoms with Crippen LogP contribution in [0.4, 0.5) is 21.6 Å². The number of benzene rings is 2. The fourth-order valence-electron chi connectivity index (χ4n) is 3.18. The van der Waals surface area contributed by atoms with Crippen LogP contribution in [0.3, 0.4) is 0 Å². The highest BCUT2D eigenvalue weighted by molar-refractivity contribution is 6.02. The lowest BCUT2D eigenvalue weighted by Crippen LogP contribution is -2.46. The van der Waals surface area contributed by atoms with Crippen LogP contribution < -0.4 is 15.1 Å². The monoisotopic (exact) mass is 377 g/mol. The second-order valence-corrected chi connectivity index (χ2v) is 6.55. The number of piperazine rings is 1. The topological polar surface area (TPSA) is 61.4 Å². The molecular formula is C21H20FN5O. The SMILES string of the molecule is O=C(Nc1ccccc1)c1ccc(N2CCN(c3ccc(F)cc3)CC2)nn1. The molecule has 0 bridgehead atoms. The summed E-state index contributed by atoms with van der Waals surface area (Å²) in [6.07, 6.45) is 0. The number of halogens is 1. The van der Waals surface area contributed by atoms with Crippen LogP contribution in [0.5, 0.6) is 0 Å². The molecule has 1 fully saturated rings. The molecule has 0 radical (unpaired) electrons. The summed E-state index contributed by atoms with van der Waals surface area (Å²) in [7, 11) is 0. The van der Waals surface area contributed by atoms with Crippen LogP contribution in [0.25, 0.3) is 0 Å². The molecule has 0 saturated carbocycles. The molecule has 1 aliphatic rings. The summed E-state index contributed by atoms with van der Waals surface area (Å²) in [4.78, 5) is 16.6. The average molecular weight is 377 g/mol. The van der Waals surface area contributed by atoms with Crippen molar-refractivity contribution in [2.24, 2.45) is 0 Å². The second-order valence-electron chi connectivity index (χ2n) is 6.55. The largest absolute Gasteiger partial charge is 0.368 e. The number of aromatic nitrogens is 2. The van der Waals surface area contributed by atoms with Gasteiger partial charge >= 0.3 is 0 Å². The van der Waals surface area contributed by atoms with Crippen molar-refractivity contribution in [3.63, 3.8) is 0 Å². The maximum absolute atomic E-state index is 13.1. The summed E-state index contributed by atoms with van der Waals surface area (Å²) >= 11 is 0. The van der Waals surface area contributed by atoms with Crippen molar-refractivity contribution in [2.75, 3.05) is 41.3 Å². The van der Waals surface area contributed by atoms with Gasteiger partial charge in [-0.05, 0) is 48.5 Å². The Morgan fingerprint density at radius 1 is 0.821 bits per heavy atom. The van der Waals surface area contributed by atoms with Gasteiger partial charge in [0.25, 0.3) is 5.91 Å². The van der Waals surface area contributed by atoms with Crippen LogP contribution in [0.15, 0.2) is 66.7 Å². The van der Waals surface area contributed by atoms with E-state index in [9.17, 15) is 9.18 Å². The lowest BCUT2D eigenvalue weighted by atomic mass is 10.2. The Morgan fingerprint density at radius 3 is 2.14 bits per heavy atom. The van der Waals surface area contributed by atoms with E-state index >= 15 is 0 Å². The van der Waals surface area contributed by atoms with Gasteiger partial charge in [-0.3, -0.25) is 4.79 Å². The molecule has 28 heavy (non-hydrogen) atoms. The lowest BCUT2D eigenvalue weighted by molar-refractivity contribution is 0.102. The highest BCUT2D eigenvalue weighted by Crippen LogP contribution is 2.19. The number of carbonyl (C=O) groups is 1. The first-order chi connectivity index (χ1) is 13.7. The van der Waals surface area contributed by atoms with Crippen molar-refractivity contribution in [3.8, 4) is 0 Å². The molecule has 1 amide bonds. The zero-order chi connectivity index (χ0) is 19.3. The van der Waals surface area contributed by atoms with E-state index in [4.69, 9.17) is 0 Å². The molecule has 6 nitrogen and oxygen atoms in total. The maximum Gasteiger partial charge on any atom is 0.276 e. The molecule has 2 heterocycles. The van der Waals surface area contributed by atoms with Crippen LogP contribution in [0, 0.1) is 5.82 Å². The minimum absolute atomic E-state index is 0.228. The van der Waals surface area contributed by atoms with E-state index < -0.39 is 0 Å². The van der Waals surface area contributed by atoms with Gasteiger partial charge in [0.2, 0.25) is 0 Å². The molecule has 1 N–H and O–H groups in total. The van der Waals surface area contributed by atoms with E-state index in [1.165, 1.54) is 12.1 Å². The summed E-state index contributed by atoms with van der Waals surface area (Å²) in [5.74, 6) is 0.232. The Labute approximate surface area is 162 Å².